The van der Waals surface area contributed by atoms with Crippen molar-refractivity contribution in [1.29, 1.82) is 0 Å². The molecule has 146 valence electrons. The molecule has 0 saturated carbocycles. The molecule has 1 aromatic rings. The maximum atomic E-state index is 2.42. The van der Waals surface area contributed by atoms with Crippen LogP contribution in [0.15, 0.2) is 12.3 Å². The highest BCUT2D eigenvalue weighted by Crippen LogP contribution is 2.14. The fourth-order valence-corrected chi connectivity index (χ4v) is 3.87. The highest BCUT2D eigenvalue weighted by atomic mass is 15.0. The van der Waals surface area contributed by atoms with E-state index in [1.165, 1.54) is 121 Å². The number of unbranched alkanes of at least 4 members (excludes halogenated alkanes) is 15. The van der Waals surface area contributed by atoms with Crippen LogP contribution < -0.4 is 0 Å². The Morgan fingerprint density at radius 1 is 0.600 bits per heavy atom. The lowest BCUT2D eigenvalue weighted by Crippen LogP contribution is -1.98. The van der Waals surface area contributed by atoms with Crippen molar-refractivity contribution in [2.24, 2.45) is 0 Å². The molecule has 0 aliphatic carbocycles. The molecule has 0 amide bonds. The Morgan fingerprint density at radius 3 is 1.36 bits per heavy atom. The molecule has 0 radical (unpaired) electrons. The van der Waals surface area contributed by atoms with Crippen LogP contribution in [0.1, 0.15) is 121 Å². The molecule has 1 heteroatoms. The van der Waals surface area contributed by atoms with E-state index in [4.69, 9.17) is 0 Å². The monoisotopic (exact) mass is 347 g/mol. The third-order valence-electron chi connectivity index (χ3n) is 5.50. The minimum absolute atomic E-state index is 1.21. The van der Waals surface area contributed by atoms with Gasteiger partial charge in [0.15, 0.2) is 0 Å². The minimum atomic E-state index is 1.21. The van der Waals surface area contributed by atoms with E-state index in [-0.39, 0.29) is 0 Å². The Kier molecular flexibility index (Phi) is 13.9. The third-order valence-corrected chi connectivity index (χ3v) is 5.50. The summed E-state index contributed by atoms with van der Waals surface area (Å²) in [4.78, 5) is 0. The summed E-state index contributed by atoms with van der Waals surface area (Å²) in [6.07, 6.45) is 25.4. The Bertz CT molecular complexity index is 404. The summed E-state index contributed by atoms with van der Waals surface area (Å²) >= 11 is 0. The lowest BCUT2D eigenvalue weighted by atomic mass is 10.0. The average Bonchev–Trinajstić information content (AvgIpc) is 2.92. The van der Waals surface area contributed by atoms with Gasteiger partial charge in [0.2, 0.25) is 0 Å². The zero-order chi connectivity index (χ0) is 18.2. The number of hydrogen-bond acceptors (Lipinski definition) is 0. The highest BCUT2D eigenvalue weighted by molar-refractivity contribution is 5.15. The first-order chi connectivity index (χ1) is 12.2. The summed E-state index contributed by atoms with van der Waals surface area (Å²) in [7, 11) is 0. The van der Waals surface area contributed by atoms with Crippen LogP contribution >= 0.6 is 0 Å². The maximum absolute atomic E-state index is 2.42. The van der Waals surface area contributed by atoms with Gasteiger partial charge >= 0.3 is 0 Å². The fourth-order valence-electron chi connectivity index (χ4n) is 3.87. The lowest BCUT2D eigenvalue weighted by molar-refractivity contribution is 0.520. The van der Waals surface area contributed by atoms with Crippen LogP contribution in [-0.4, -0.2) is 4.57 Å². The average molecular weight is 348 g/mol. The Labute approximate surface area is 158 Å². The number of rotatable bonds is 17. The molecule has 1 nitrogen and oxygen atoms in total. The van der Waals surface area contributed by atoms with Crippen molar-refractivity contribution in [2.75, 3.05) is 0 Å². The second-order valence-corrected chi connectivity index (χ2v) is 8.16. The van der Waals surface area contributed by atoms with Crippen molar-refractivity contribution >= 4 is 0 Å². The molecule has 1 aromatic heterocycles. The van der Waals surface area contributed by atoms with Gasteiger partial charge in [-0.3, -0.25) is 0 Å². The second kappa shape index (κ2) is 15.5. The first kappa shape index (κ1) is 22.3. The first-order valence-corrected chi connectivity index (χ1v) is 11.4. The molecule has 0 atom stereocenters. The van der Waals surface area contributed by atoms with Gasteiger partial charge in [0.05, 0.1) is 0 Å². The standard InChI is InChI=1S/C24H45N/c1-4-5-6-7-8-9-10-11-12-13-14-15-16-17-18-19-20-25-22-23(2)21-24(25)3/h21-22H,4-20H2,1-3H3. The molecule has 0 N–H and O–H groups in total. The van der Waals surface area contributed by atoms with Crippen molar-refractivity contribution in [3.05, 3.63) is 23.5 Å². The summed E-state index contributed by atoms with van der Waals surface area (Å²) in [5.41, 5.74) is 2.81. The molecule has 0 fully saturated rings. The first-order valence-electron chi connectivity index (χ1n) is 11.4. The summed E-state index contributed by atoms with van der Waals surface area (Å²) in [5, 5.41) is 0. The fraction of sp³-hybridized carbons (Fsp3) is 0.833. The van der Waals surface area contributed by atoms with Gasteiger partial charge in [0.25, 0.3) is 0 Å². The third kappa shape index (κ3) is 12.3. The van der Waals surface area contributed by atoms with Gasteiger partial charge in [-0.25, -0.2) is 0 Å². The van der Waals surface area contributed by atoms with Crippen LogP contribution in [0.3, 0.4) is 0 Å². The van der Waals surface area contributed by atoms with Gasteiger partial charge in [0.1, 0.15) is 0 Å². The molecule has 0 spiro atoms. The van der Waals surface area contributed by atoms with Crippen LogP contribution in [0.25, 0.3) is 0 Å². The summed E-state index contributed by atoms with van der Waals surface area (Å²) in [6.45, 7) is 7.92. The topological polar surface area (TPSA) is 4.93 Å². The number of aryl methyl sites for hydroxylation is 3. The van der Waals surface area contributed by atoms with E-state index >= 15 is 0 Å². The molecule has 0 aliphatic rings. The number of nitrogens with zero attached hydrogens (tertiary/aromatic N) is 1. The van der Waals surface area contributed by atoms with E-state index in [0.717, 1.165) is 0 Å². The number of aromatic nitrogens is 1. The van der Waals surface area contributed by atoms with E-state index in [9.17, 15) is 0 Å². The molecule has 0 aromatic carbocycles. The quantitative estimate of drug-likeness (QED) is 0.249. The van der Waals surface area contributed by atoms with Crippen LogP contribution in [0.4, 0.5) is 0 Å². The molecule has 1 heterocycles. The largest absolute Gasteiger partial charge is 0.351 e. The van der Waals surface area contributed by atoms with Gasteiger partial charge in [0, 0.05) is 18.4 Å². The number of hydrogen-bond donors (Lipinski definition) is 0. The molecule has 0 aliphatic heterocycles. The molecular formula is C24H45N. The smallest absolute Gasteiger partial charge is 0.0222 e. The Hall–Kier alpha value is -0.720. The highest BCUT2D eigenvalue weighted by Gasteiger charge is 1.99. The zero-order valence-corrected chi connectivity index (χ0v) is 17.6. The van der Waals surface area contributed by atoms with Crippen LogP contribution in [0, 0.1) is 13.8 Å². The van der Waals surface area contributed by atoms with Crippen LogP contribution in [-0.2, 0) is 6.54 Å². The molecule has 0 bridgehead atoms. The SMILES string of the molecule is CCCCCCCCCCCCCCCCCCn1cc(C)cc1C. The summed E-state index contributed by atoms with van der Waals surface area (Å²) in [6, 6.07) is 2.28. The van der Waals surface area contributed by atoms with E-state index in [1.54, 1.807) is 0 Å². The van der Waals surface area contributed by atoms with E-state index in [1.807, 2.05) is 0 Å². The van der Waals surface area contributed by atoms with E-state index in [0.29, 0.717) is 0 Å². The van der Waals surface area contributed by atoms with Gasteiger partial charge in [-0.05, 0) is 31.9 Å². The van der Waals surface area contributed by atoms with Crippen molar-refractivity contribution in [3.8, 4) is 0 Å². The molecule has 0 unspecified atom stereocenters. The van der Waals surface area contributed by atoms with Crippen LogP contribution in [0.2, 0.25) is 0 Å². The van der Waals surface area contributed by atoms with Crippen molar-refractivity contribution in [3.63, 3.8) is 0 Å². The maximum Gasteiger partial charge on any atom is 0.0222 e. The normalized spacial score (nSPS) is 11.3. The molecule has 1 rings (SSSR count). The van der Waals surface area contributed by atoms with Crippen molar-refractivity contribution in [1.82, 2.24) is 4.57 Å². The molecular weight excluding hydrogens is 302 g/mol. The van der Waals surface area contributed by atoms with Gasteiger partial charge in [-0.2, -0.15) is 0 Å². The predicted octanol–water partition coefficient (Wildman–Crippen LogP) is 8.37. The Morgan fingerprint density at radius 2 is 1.00 bits per heavy atom. The Balaban J connectivity index is 1.75. The predicted molar refractivity (Wildman–Crippen MR) is 113 cm³/mol. The second-order valence-electron chi connectivity index (χ2n) is 8.16. The van der Waals surface area contributed by atoms with Gasteiger partial charge in [-0.1, -0.05) is 103 Å². The van der Waals surface area contributed by atoms with E-state index in [2.05, 4.69) is 37.6 Å². The summed E-state index contributed by atoms with van der Waals surface area (Å²) < 4.78 is 2.42. The minimum Gasteiger partial charge on any atom is -0.351 e. The lowest BCUT2D eigenvalue weighted by Gasteiger charge is -2.06. The van der Waals surface area contributed by atoms with Gasteiger partial charge < -0.3 is 4.57 Å². The van der Waals surface area contributed by atoms with Crippen molar-refractivity contribution < 1.29 is 0 Å². The summed E-state index contributed by atoms with van der Waals surface area (Å²) in [5.74, 6) is 0. The van der Waals surface area contributed by atoms with E-state index < -0.39 is 0 Å². The molecule has 25 heavy (non-hydrogen) atoms. The van der Waals surface area contributed by atoms with Crippen LogP contribution in [0.5, 0.6) is 0 Å². The molecule has 0 saturated heterocycles. The van der Waals surface area contributed by atoms with Crippen molar-refractivity contribution in [2.45, 2.75) is 130 Å². The van der Waals surface area contributed by atoms with Gasteiger partial charge in [-0.15, -0.1) is 0 Å². The zero-order valence-electron chi connectivity index (χ0n) is 17.6.